The number of amides is 1. The molecule has 2 nitrogen and oxygen atoms in total. The van der Waals surface area contributed by atoms with E-state index in [9.17, 15) is 4.79 Å². The highest BCUT2D eigenvalue weighted by Gasteiger charge is 2.44. The monoisotopic (exact) mass is 429 g/mol. The number of piperidine rings is 1. The maximum absolute atomic E-state index is 13.6. The average Bonchev–Trinajstić information content (AvgIpc) is 2.72. The second-order valence-corrected chi connectivity index (χ2v) is 8.70. The number of nitrogens with zero attached hydrogens (tertiary/aromatic N) is 1. The molecule has 1 aliphatic rings. The molecule has 3 atom stereocenters. The Balaban J connectivity index is 2.16. The van der Waals surface area contributed by atoms with Gasteiger partial charge in [-0.15, -0.1) is 6.58 Å². The van der Waals surface area contributed by atoms with Gasteiger partial charge in [-0.3, -0.25) is 4.79 Å². The summed E-state index contributed by atoms with van der Waals surface area (Å²) in [6, 6.07) is 16.2. The molecule has 154 valence electrons. The Labute approximate surface area is 184 Å². The maximum atomic E-state index is 13.6. The van der Waals surface area contributed by atoms with E-state index in [1.807, 2.05) is 36.4 Å². The zero-order valence-corrected chi connectivity index (χ0v) is 18.7. The van der Waals surface area contributed by atoms with Gasteiger partial charge in [0, 0.05) is 27.9 Å². The summed E-state index contributed by atoms with van der Waals surface area (Å²) < 4.78 is 0. The molecule has 0 aliphatic carbocycles. The second-order valence-electron chi connectivity index (χ2n) is 7.83. The molecule has 3 rings (SSSR count). The van der Waals surface area contributed by atoms with E-state index in [0.29, 0.717) is 11.4 Å². The summed E-state index contributed by atoms with van der Waals surface area (Å²) in [7, 11) is 0. The molecule has 29 heavy (non-hydrogen) atoms. The minimum atomic E-state index is -0.0550. The van der Waals surface area contributed by atoms with Crippen molar-refractivity contribution in [1.82, 2.24) is 4.90 Å². The van der Waals surface area contributed by atoms with E-state index < -0.39 is 0 Å². The first-order valence-corrected chi connectivity index (χ1v) is 11.2. The third-order valence-corrected chi connectivity index (χ3v) is 6.59. The quantitative estimate of drug-likeness (QED) is 0.418. The van der Waals surface area contributed by atoms with Crippen molar-refractivity contribution in [2.75, 3.05) is 0 Å². The molecule has 1 saturated heterocycles. The van der Waals surface area contributed by atoms with Crippen molar-refractivity contribution < 1.29 is 4.79 Å². The molecule has 1 aliphatic heterocycles. The highest BCUT2D eigenvalue weighted by atomic mass is 35.5. The van der Waals surface area contributed by atoms with E-state index in [0.717, 1.165) is 29.8 Å². The molecule has 1 fully saturated rings. The maximum Gasteiger partial charge on any atom is 0.226 e. The van der Waals surface area contributed by atoms with E-state index in [1.165, 1.54) is 5.56 Å². The Bertz CT molecular complexity index is 844. The molecule has 0 saturated carbocycles. The first-order chi connectivity index (χ1) is 14.0. The summed E-state index contributed by atoms with van der Waals surface area (Å²) in [6.07, 6.45) is 5.20. The topological polar surface area (TPSA) is 20.3 Å². The van der Waals surface area contributed by atoms with E-state index in [1.54, 1.807) is 0 Å². The van der Waals surface area contributed by atoms with Gasteiger partial charge in [0.2, 0.25) is 5.91 Å². The van der Waals surface area contributed by atoms with Crippen LogP contribution < -0.4 is 0 Å². The van der Waals surface area contributed by atoms with Crippen LogP contribution in [0.25, 0.3) is 0 Å². The van der Waals surface area contributed by atoms with Crippen LogP contribution in [0.3, 0.4) is 0 Å². The lowest BCUT2D eigenvalue weighted by Crippen LogP contribution is -2.51. The van der Waals surface area contributed by atoms with E-state index >= 15 is 0 Å². The summed E-state index contributed by atoms with van der Waals surface area (Å²) in [5.74, 6) is 0.343. The van der Waals surface area contributed by atoms with Crippen LogP contribution in [-0.4, -0.2) is 16.8 Å². The zero-order chi connectivity index (χ0) is 21.0. The normalized spacial score (nSPS) is 22.2. The largest absolute Gasteiger partial charge is 0.332 e. The number of halogens is 2. The number of benzene rings is 2. The van der Waals surface area contributed by atoms with Gasteiger partial charge in [-0.05, 0) is 61.1 Å². The molecular formula is C25H29Cl2NO. The SMILES string of the molecule is C=CCC1C[C@H](c2cccc(Cl)c2)[C@@H](c2ccc(Cl)cc2)N(C(CC)CC)C1=O. The van der Waals surface area contributed by atoms with Gasteiger partial charge < -0.3 is 4.90 Å². The van der Waals surface area contributed by atoms with Crippen molar-refractivity contribution >= 4 is 29.1 Å². The number of hydrogen-bond acceptors (Lipinski definition) is 1. The second kappa shape index (κ2) is 9.82. The van der Waals surface area contributed by atoms with Gasteiger partial charge in [-0.25, -0.2) is 0 Å². The molecule has 4 heteroatoms. The number of rotatable bonds is 7. The van der Waals surface area contributed by atoms with Crippen molar-refractivity contribution in [2.24, 2.45) is 5.92 Å². The highest BCUT2D eigenvalue weighted by Crippen LogP contribution is 2.47. The van der Waals surface area contributed by atoms with Crippen molar-refractivity contribution in [3.63, 3.8) is 0 Å². The summed E-state index contributed by atoms with van der Waals surface area (Å²) in [6.45, 7) is 8.21. The summed E-state index contributed by atoms with van der Waals surface area (Å²) in [4.78, 5) is 15.7. The predicted molar refractivity (Wildman–Crippen MR) is 123 cm³/mol. The fourth-order valence-electron chi connectivity index (χ4n) is 4.67. The third-order valence-electron chi connectivity index (χ3n) is 6.10. The van der Waals surface area contributed by atoms with E-state index in [4.69, 9.17) is 23.2 Å². The lowest BCUT2D eigenvalue weighted by atomic mass is 9.74. The molecule has 0 N–H and O–H groups in total. The fourth-order valence-corrected chi connectivity index (χ4v) is 5.00. The van der Waals surface area contributed by atoms with Crippen LogP contribution in [0.2, 0.25) is 10.0 Å². The van der Waals surface area contributed by atoms with Crippen molar-refractivity contribution in [2.45, 2.75) is 57.5 Å². The highest BCUT2D eigenvalue weighted by molar-refractivity contribution is 6.30. The number of likely N-dealkylation sites (tertiary alicyclic amines) is 1. The fraction of sp³-hybridized carbons (Fsp3) is 0.400. The molecule has 2 aromatic rings. The lowest BCUT2D eigenvalue weighted by Gasteiger charge is -2.48. The van der Waals surface area contributed by atoms with Crippen LogP contribution in [0.15, 0.2) is 61.2 Å². The predicted octanol–water partition coefficient (Wildman–Crippen LogP) is 7.43. The van der Waals surface area contributed by atoms with E-state index in [-0.39, 0.29) is 29.8 Å². The molecule has 0 spiro atoms. The Morgan fingerprint density at radius 3 is 2.34 bits per heavy atom. The summed E-state index contributed by atoms with van der Waals surface area (Å²) >= 11 is 12.5. The van der Waals surface area contributed by atoms with Crippen LogP contribution in [0, 0.1) is 5.92 Å². The molecule has 1 heterocycles. The summed E-state index contributed by atoms with van der Waals surface area (Å²) in [5.41, 5.74) is 2.30. The van der Waals surface area contributed by atoms with Crippen LogP contribution in [-0.2, 0) is 4.79 Å². The molecule has 0 bridgehead atoms. The molecule has 1 unspecified atom stereocenters. The third kappa shape index (κ3) is 4.70. The summed E-state index contributed by atoms with van der Waals surface area (Å²) in [5, 5.41) is 1.43. The van der Waals surface area contributed by atoms with Crippen molar-refractivity contribution in [1.29, 1.82) is 0 Å². The van der Waals surface area contributed by atoms with Gasteiger partial charge >= 0.3 is 0 Å². The number of allylic oxidation sites excluding steroid dienone is 1. The van der Waals surface area contributed by atoms with Crippen LogP contribution in [0.1, 0.15) is 62.6 Å². The first kappa shape index (κ1) is 21.9. The van der Waals surface area contributed by atoms with Crippen molar-refractivity contribution in [3.05, 3.63) is 82.4 Å². The molecule has 0 radical (unpaired) electrons. The number of carbonyl (C=O) groups is 1. The minimum absolute atomic E-state index is 0.0378. The van der Waals surface area contributed by atoms with Gasteiger partial charge in [0.15, 0.2) is 0 Å². The zero-order valence-electron chi connectivity index (χ0n) is 17.2. The van der Waals surface area contributed by atoms with Gasteiger partial charge in [-0.2, -0.15) is 0 Å². The number of carbonyl (C=O) groups excluding carboxylic acids is 1. The Morgan fingerprint density at radius 2 is 1.76 bits per heavy atom. The molecular weight excluding hydrogens is 401 g/mol. The molecule has 1 amide bonds. The lowest BCUT2D eigenvalue weighted by molar-refractivity contribution is -0.146. The Morgan fingerprint density at radius 1 is 1.07 bits per heavy atom. The van der Waals surface area contributed by atoms with Gasteiger partial charge in [-0.1, -0.05) is 67.4 Å². The average molecular weight is 430 g/mol. The van der Waals surface area contributed by atoms with E-state index in [2.05, 4.69) is 43.5 Å². The molecule has 2 aromatic carbocycles. The number of hydrogen-bond donors (Lipinski definition) is 0. The Kier molecular flexibility index (Phi) is 7.43. The Hall–Kier alpha value is -1.77. The van der Waals surface area contributed by atoms with Gasteiger partial charge in [0.1, 0.15) is 0 Å². The molecule has 0 aromatic heterocycles. The van der Waals surface area contributed by atoms with Gasteiger partial charge in [0.05, 0.1) is 6.04 Å². The first-order valence-electron chi connectivity index (χ1n) is 10.4. The minimum Gasteiger partial charge on any atom is -0.332 e. The smallest absolute Gasteiger partial charge is 0.226 e. The standard InChI is InChI=1S/C25H29Cl2NO/c1-4-8-19-16-23(18-9-7-10-21(27)15-18)24(17-11-13-20(26)14-12-17)28(25(19)29)22(5-2)6-3/h4,7,9-15,19,22-24H,1,5-6,8,16H2,2-3H3/t19?,23-,24-/m1/s1. The van der Waals surface area contributed by atoms with Crippen molar-refractivity contribution in [3.8, 4) is 0 Å². The van der Waals surface area contributed by atoms with Gasteiger partial charge in [0.25, 0.3) is 0 Å². The van der Waals surface area contributed by atoms with Crippen LogP contribution in [0.5, 0.6) is 0 Å². The van der Waals surface area contributed by atoms with Crippen LogP contribution >= 0.6 is 23.2 Å². The van der Waals surface area contributed by atoms with Crippen LogP contribution in [0.4, 0.5) is 0 Å².